The van der Waals surface area contributed by atoms with Crippen LogP contribution in [0.15, 0.2) is 32.4 Å². The monoisotopic (exact) mass is 398 g/mol. The highest BCUT2D eigenvalue weighted by atomic mass is 16.3. The largest absolute Gasteiger partial charge is 0.464 e. The summed E-state index contributed by atoms with van der Waals surface area (Å²) in [7, 11) is 1.48. The molecule has 3 N–H and O–H groups in total. The first-order chi connectivity index (χ1) is 13.8. The number of nitrogens with two attached hydrogens (primary N) is 1. The molecule has 0 fully saturated rings. The lowest BCUT2D eigenvalue weighted by Crippen LogP contribution is -2.39. The smallest absolute Gasteiger partial charge is 0.330 e. The van der Waals surface area contributed by atoms with Gasteiger partial charge in [-0.3, -0.25) is 19.1 Å². The number of hydrogen-bond donors (Lipinski definition) is 2. The van der Waals surface area contributed by atoms with Crippen LogP contribution in [0.3, 0.4) is 0 Å². The van der Waals surface area contributed by atoms with Crippen LogP contribution >= 0.6 is 0 Å². The number of carbonyl (C=O) groups is 1. The molecule has 2 aromatic heterocycles. The Labute approximate surface area is 167 Å². The molecule has 0 atom stereocenters. The van der Waals surface area contributed by atoms with Gasteiger partial charge in [0, 0.05) is 24.5 Å². The second-order valence-electron chi connectivity index (χ2n) is 7.27. The molecular weight excluding hydrogens is 372 g/mol. The van der Waals surface area contributed by atoms with E-state index in [0.29, 0.717) is 6.54 Å². The van der Waals surface area contributed by atoms with Crippen LogP contribution in [0.2, 0.25) is 0 Å². The number of nitrogens with one attached hydrogen (secondary N) is 1. The molecular formula is C21H26N4O4. The van der Waals surface area contributed by atoms with Gasteiger partial charge in [0.1, 0.15) is 11.4 Å². The molecule has 0 bridgehead atoms. The van der Waals surface area contributed by atoms with Crippen LogP contribution in [0, 0.1) is 13.8 Å². The van der Waals surface area contributed by atoms with Crippen molar-refractivity contribution in [2.45, 2.75) is 46.6 Å². The van der Waals surface area contributed by atoms with E-state index in [-0.39, 0.29) is 23.8 Å². The van der Waals surface area contributed by atoms with Crippen LogP contribution in [0.5, 0.6) is 0 Å². The van der Waals surface area contributed by atoms with Crippen LogP contribution in [-0.2, 0) is 17.8 Å². The number of carbonyl (C=O) groups excluding carboxylic acids is 1. The number of hydrogen-bond acceptors (Lipinski definition) is 5. The maximum atomic E-state index is 12.9. The molecule has 2 heterocycles. The summed E-state index contributed by atoms with van der Waals surface area (Å²) in [6.45, 7) is 6.33. The lowest BCUT2D eigenvalue weighted by molar-refractivity contribution is -0.117. The summed E-state index contributed by atoms with van der Waals surface area (Å²) in [4.78, 5) is 40.8. The highest BCUT2D eigenvalue weighted by molar-refractivity contribution is 5.98. The van der Waals surface area contributed by atoms with Gasteiger partial charge in [-0.2, -0.15) is 0 Å². The maximum absolute atomic E-state index is 12.9. The van der Waals surface area contributed by atoms with Crippen LogP contribution in [0.25, 0.3) is 11.0 Å². The van der Waals surface area contributed by atoms with Crippen LogP contribution in [-0.4, -0.2) is 22.5 Å². The normalized spacial score (nSPS) is 11.2. The van der Waals surface area contributed by atoms with Gasteiger partial charge in [-0.15, -0.1) is 0 Å². The minimum absolute atomic E-state index is 0.00780. The zero-order chi connectivity index (χ0) is 21.3. The molecule has 0 unspecified atom stereocenters. The third-order valence-corrected chi connectivity index (χ3v) is 5.34. The van der Waals surface area contributed by atoms with Crippen molar-refractivity contribution in [3.63, 3.8) is 0 Å². The van der Waals surface area contributed by atoms with E-state index < -0.39 is 11.2 Å². The number of unbranched alkanes of at least 4 members (excludes halogenated alkanes) is 1. The fourth-order valence-corrected chi connectivity index (χ4v) is 3.37. The van der Waals surface area contributed by atoms with E-state index in [1.807, 2.05) is 32.9 Å². The summed E-state index contributed by atoms with van der Waals surface area (Å²) >= 11 is 0. The van der Waals surface area contributed by atoms with Crippen LogP contribution < -0.4 is 21.9 Å². The van der Waals surface area contributed by atoms with E-state index in [2.05, 4.69) is 4.98 Å². The molecule has 0 aliphatic carbocycles. The predicted octanol–water partition coefficient (Wildman–Crippen LogP) is 2.49. The first kappa shape index (κ1) is 20.4. The number of likely N-dealkylation sites (N-methyl/N-ethyl adjacent to an activating group) is 1. The molecule has 1 amide bonds. The Bertz CT molecular complexity index is 1190. The topological polar surface area (TPSA) is 114 Å². The van der Waals surface area contributed by atoms with Crippen molar-refractivity contribution < 1.29 is 9.21 Å². The third kappa shape index (κ3) is 3.70. The van der Waals surface area contributed by atoms with Gasteiger partial charge in [-0.25, -0.2) is 4.79 Å². The number of fused-ring (bicyclic) bond motifs is 1. The number of aryl methyl sites for hydroxylation is 2. The number of nitrogen functional groups attached to an aromatic ring is 1. The Morgan fingerprint density at radius 3 is 2.69 bits per heavy atom. The minimum Gasteiger partial charge on any atom is -0.464 e. The van der Waals surface area contributed by atoms with Gasteiger partial charge >= 0.3 is 5.69 Å². The number of aromatic amines is 1. The third-order valence-electron chi connectivity index (χ3n) is 5.34. The Morgan fingerprint density at radius 2 is 2.00 bits per heavy atom. The van der Waals surface area contributed by atoms with Gasteiger partial charge in [0.05, 0.1) is 12.7 Å². The van der Waals surface area contributed by atoms with Crippen molar-refractivity contribution >= 4 is 28.4 Å². The highest BCUT2D eigenvalue weighted by Crippen LogP contribution is 2.27. The lowest BCUT2D eigenvalue weighted by Gasteiger charge is -2.20. The molecule has 0 aliphatic rings. The minimum atomic E-state index is -0.681. The summed E-state index contributed by atoms with van der Waals surface area (Å²) in [5, 5.41) is 0.865. The molecule has 3 rings (SSSR count). The second kappa shape index (κ2) is 7.98. The van der Waals surface area contributed by atoms with E-state index in [1.165, 1.54) is 16.5 Å². The number of nitrogens with zero attached hydrogens (tertiary/aromatic N) is 2. The molecule has 154 valence electrons. The van der Waals surface area contributed by atoms with Gasteiger partial charge in [0.25, 0.3) is 5.56 Å². The van der Waals surface area contributed by atoms with Crippen molar-refractivity contribution in [3.8, 4) is 0 Å². The average molecular weight is 398 g/mol. The van der Waals surface area contributed by atoms with Gasteiger partial charge < -0.3 is 15.1 Å². The molecule has 29 heavy (non-hydrogen) atoms. The molecule has 8 nitrogen and oxygen atoms in total. The van der Waals surface area contributed by atoms with Crippen molar-refractivity contribution in [2.75, 3.05) is 17.7 Å². The number of rotatable bonds is 6. The fraction of sp³-hybridized carbons (Fsp3) is 0.381. The quantitative estimate of drug-likeness (QED) is 0.662. The number of amides is 1. The maximum Gasteiger partial charge on any atom is 0.330 e. The van der Waals surface area contributed by atoms with Gasteiger partial charge in [-0.1, -0.05) is 25.5 Å². The summed E-state index contributed by atoms with van der Waals surface area (Å²) in [6, 6.07) is 3.91. The molecule has 0 aliphatic heterocycles. The van der Waals surface area contributed by atoms with E-state index in [0.717, 1.165) is 40.5 Å². The molecule has 8 heteroatoms. The standard InChI is InChI=1S/C21H26N4O4/c1-5-6-9-25-19(22)17(20(27)23-21(25)28)24(4)16(26)10-14-11-29-18-13(3)12(2)7-8-15(14)18/h7-8,11H,5-6,9-10,22H2,1-4H3,(H,23,27,28). The van der Waals surface area contributed by atoms with Crippen molar-refractivity contribution in [1.82, 2.24) is 9.55 Å². The number of aromatic nitrogens is 2. The Morgan fingerprint density at radius 1 is 1.28 bits per heavy atom. The lowest BCUT2D eigenvalue weighted by atomic mass is 10.0. The predicted molar refractivity (Wildman–Crippen MR) is 113 cm³/mol. The number of H-pyrrole nitrogens is 1. The van der Waals surface area contributed by atoms with Crippen LogP contribution in [0.1, 0.15) is 36.5 Å². The highest BCUT2D eigenvalue weighted by Gasteiger charge is 2.22. The number of benzene rings is 1. The van der Waals surface area contributed by atoms with E-state index in [4.69, 9.17) is 10.2 Å². The summed E-state index contributed by atoms with van der Waals surface area (Å²) in [6.07, 6.45) is 3.20. The van der Waals surface area contributed by atoms with E-state index >= 15 is 0 Å². The van der Waals surface area contributed by atoms with Gasteiger partial charge in [0.2, 0.25) is 5.91 Å². The second-order valence-corrected chi connectivity index (χ2v) is 7.27. The Hall–Kier alpha value is -3.29. The van der Waals surface area contributed by atoms with Crippen molar-refractivity contribution in [2.24, 2.45) is 0 Å². The zero-order valence-corrected chi connectivity index (χ0v) is 17.2. The molecule has 1 aromatic carbocycles. The van der Waals surface area contributed by atoms with Crippen molar-refractivity contribution in [3.05, 3.63) is 55.9 Å². The molecule has 3 aromatic rings. The summed E-state index contributed by atoms with van der Waals surface area (Å²) in [5.74, 6) is -0.338. The Kier molecular flexibility index (Phi) is 5.63. The molecule has 0 radical (unpaired) electrons. The van der Waals surface area contributed by atoms with Gasteiger partial charge in [0.15, 0.2) is 5.69 Å². The first-order valence-corrected chi connectivity index (χ1v) is 9.61. The average Bonchev–Trinajstić information content (AvgIpc) is 3.07. The van der Waals surface area contributed by atoms with Gasteiger partial charge in [-0.05, 0) is 31.4 Å². The molecule has 0 spiro atoms. The van der Waals surface area contributed by atoms with Crippen molar-refractivity contribution in [1.29, 1.82) is 0 Å². The number of furan rings is 1. The van der Waals surface area contributed by atoms with E-state index in [9.17, 15) is 14.4 Å². The molecule has 0 saturated carbocycles. The Balaban J connectivity index is 1.94. The fourth-order valence-electron chi connectivity index (χ4n) is 3.37. The summed E-state index contributed by atoms with van der Waals surface area (Å²) in [5.41, 5.74) is 8.43. The van der Waals surface area contributed by atoms with Crippen LogP contribution in [0.4, 0.5) is 11.5 Å². The number of anilines is 2. The zero-order valence-electron chi connectivity index (χ0n) is 17.2. The first-order valence-electron chi connectivity index (χ1n) is 9.61. The SMILES string of the molecule is CCCCn1c(N)c(N(C)C(=O)Cc2coc3c(C)c(C)ccc23)c(=O)[nH]c1=O. The van der Waals surface area contributed by atoms with E-state index in [1.54, 1.807) is 6.26 Å². The summed E-state index contributed by atoms with van der Waals surface area (Å²) < 4.78 is 6.96. The molecule has 0 saturated heterocycles.